The lowest BCUT2D eigenvalue weighted by atomic mass is 9.95. The summed E-state index contributed by atoms with van der Waals surface area (Å²) in [6, 6.07) is 0.0304. The molecule has 2 aliphatic rings. The predicted octanol–water partition coefficient (Wildman–Crippen LogP) is 1.03. The molecule has 0 aromatic carbocycles. The number of rotatable bonds is 3. The molecule has 1 aliphatic carbocycles. The van der Waals surface area contributed by atoms with Gasteiger partial charge in [-0.2, -0.15) is 0 Å². The average Bonchev–Trinajstić information content (AvgIpc) is 2.86. The summed E-state index contributed by atoms with van der Waals surface area (Å²) in [6.45, 7) is 4.60. The van der Waals surface area contributed by atoms with Crippen LogP contribution in [-0.2, 0) is 14.3 Å². The number of aliphatic carboxylic acids is 1. The number of hydrogen-bond donors (Lipinski definition) is 2. The van der Waals surface area contributed by atoms with Crippen LogP contribution in [0.1, 0.15) is 33.1 Å². The minimum atomic E-state index is -0.852. The van der Waals surface area contributed by atoms with Gasteiger partial charge in [-0.3, -0.25) is 9.59 Å². The Bertz CT molecular complexity index is 344. The first kappa shape index (κ1) is 13.3. The lowest BCUT2D eigenvalue weighted by Crippen LogP contribution is -2.44. The SMILES string of the molecule is CC1C[C@H](C(=O)NC2CCOC2C)[C@H](C(=O)O)C1. The van der Waals surface area contributed by atoms with E-state index in [1.54, 1.807) is 0 Å². The van der Waals surface area contributed by atoms with E-state index in [1.807, 2.05) is 13.8 Å². The molecule has 1 aliphatic heterocycles. The van der Waals surface area contributed by atoms with Crippen LogP contribution in [0.2, 0.25) is 0 Å². The van der Waals surface area contributed by atoms with Crippen molar-refractivity contribution in [1.29, 1.82) is 0 Å². The van der Waals surface area contributed by atoms with Gasteiger partial charge in [0, 0.05) is 6.61 Å². The molecule has 1 saturated carbocycles. The molecule has 18 heavy (non-hydrogen) atoms. The number of carbonyl (C=O) groups is 2. The zero-order valence-corrected chi connectivity index (χ0v) is 10.9. The fourth-order valence-corrected chi connectivity index (χ4v) is 3.07. The van der Waals surface area contributed by atoms with E-state index in [0.717, 1.165) is 6.42 Å². The van der Waals surface area contributed by atoms with E-state index in [2.05, 4.69) is 5.32 Å². The van der Waals surface area contributed by atoms with Crippen molar-refractivity contribution in [1.82, 2.24) is 5.32 Å². The summed E-state index contributed by atoms with van der Waals surface area (Å²) in [5.74, 6) is -1.58. The number of carbonyl (C=O) groups excluding carboxylic acids is 1. The summed E-state index contributed by atoms with van der Waals surface area (Å²) >= 11 is 0. The number of hydrogen-bond acceptors (Lipinski definition) is 3. The van der Waals surface area contributed by atoms with E-state index in [0.29, 0.717) is 25.4 Å². The maximum Gasteiger partial charge on any atom is 0.307 e. The molecular formula is C13H21NO4. The smallest absolute Gasteiger partial charge is 0.307 e. The predicted molar refractivity (Wildman–Crippen MR) is 65.0 cm³/mol. The van der Waals surface area contributed by atoms with Crippen LogP contribution >= 0.6 is 0 Å². The molecule has 5 atom stereocenters. The number of amides is 1. The van der Waals surface area contributed by atoms with Gasteiger partial charge in [-0.05, 0) is 32.1 Å². The summed E-state index contributed by atoms with van der Waals surface area (Å²) in [5, 5.41) is 12.1. The second-order valence-corrected chi connectivity index (χ2v) is 5.61. The fraction of sp³-hybridized carbons (Fsp3) is 0.846. The van der Waals surface area contributed by atoms with E-state index in [-0.39, 0.29) is 24.0 Å². The van der Waals surface area contributed by atoms with Crippen molar-refractivity contribution in [3.05, 3.63) is 0 Å². The zero-order valence-electron chi connectivity index (χ0n) is 10.9. The molecule has 0 bridgehead atoms. The number of carboxylic acid groups (broad SMARTS) is 1. The van der Waals surface area contributed by atoms with Crippen LogP contribution in [0, 0.1) is 17.8 Å². The first-order valence-corrected chi connectivity index (χ1v) is 6.63. The van der Waals surface area contributed by atoms with Crippen LogP contribution < -0.4 is 5.32 Å². The summed E-state index contributed by atoms with van der Waals surface area (Å²) in [6.07, 6.45) is 2.11. The minimum absolute atomic E-state index is 0.0241. The first-order valence-electron chi connectivity index (χ1n) is 6.63. The molecule has 0 aromatic heterocycles. The topological polar surface area (TPSA) is 75.6 Å². The normalized spacial score (nSPS) is 39.8. The second-order valence-electron chi connectivity index (χ2n) is 5.61. The van der Waals surface area contributed by atoms with E-state index in [1.165, 1.54) is 0 Å². The zero-order chi connectivity index (χ0) is 13.3. The summed E-state index contributed by atoms with van der Waals surface area (Å²) < 4.78 is 5.39. The molecule has 5 nitrogen and oxygen atoms in total. The third-order valence-corrected chi connectivity index (χ3v) is 4.16. The minimum Gasteiger partial charge on any atom is -0.481 e. The van der Waals surface area contributed by atoms with Crippen molar-refractivity contribution in [2.75, 3.05) is 6.61 Å². The molecule has 102 valence electrons. The monoisotopic (exact) mass is 255 g/mol. The Morgan fingerprint density at radius 2 is 1.89 bits per heavy atom. The van der Waals surface area contributed by atoms with Gasteiger partial charge in [0.25, 0.3) is 0 Å². The number of carboxylic acids is 1. The standard InChI is InChI=1S/C13H21NO4/c1-7-5-9(10(6-7)13(16)17)12(15)14-11-3-4-18-8(11)2/h7-11H,3-6H2,1-2H3,(H,14,15)(H,16,17)/t7?,8?,9-,10+,11?/m0/s1. The Hall–Kier alpha value is -1.10. The van der Waals surface area contributed by atoms with Crippen molar-refractivity contribution in [3.8, 4) is 0 Å². The van der Waals surface area contributed by atoms with Crippen molar-refractivity contribution in [3.63, 3.8) is 0 Å². The van der Waals surface area contributed by atoms with Gasteiger partial charge in [0.15, 0.2) is 0 Å². The highest BCUT2D eigenvalue weighted by molar-refractivity contribution is 5.85. The molecule has 3 unspecified atom stereocenters. The Kier molecular flexibility index (Phi) is 3.90. The Morgan fingerprint density at radius 1 is 1.22 bits per heavy atom. The van der Waals surface area contributed by atoms with Gasteiger partial charge in [0.2, 0.25) is 5.91 Å². The Balaban J connectivity index is 1.97. The highest BCUT2D eigenvalue weighted by Gasteiger charge is 2.42. The summed E-state index contributed by atoms with van der Waals surface area (Å²) in [7, 11) is 0. The molecule has 2 N–H and O–H groups in total. The molecule has 0 radical (unpaired) electrons. The van der Waals surface area contributed by atoms with Crippen molar-refractivity contribution >= 4 is 11.9 Å². The van der Waals surface area contributed by atoms with Gasteiger partial charge < -0.3 is 15.2 Å². The van der Waals surface area contributed by atoms with Crippen LogP contribution in [0.15, 0.2) is 0 Å². The molecule has 2 fully saturated rings. The molecule has 1 amide bonds. The molecular weight excluding hydrogens is 234 g/mol. The van der Waals surface area contributed by atoms with Crippen LogP contribution in [0.3, 0.4) is 0 Å². The van der Waals surface area contributed by atoms with Crippen LogP contribution in [0.25, 0.3) is 0 Å². The largest absolute Gasteiger partial charge is 0.481 e. The van der Waals surface area contributed by atoms with E-state index < -0.39 is 11.9 Å². The van der Waals surface area contributed by atoms with E-state index in [9.17, 15) is 9.59 Å². The van der Waals surface area contributed by atoms with E-state index >= 15 is 0 Å². The third kappa shape index (κ3) is 2.66. The second kappa shape index (κ2) is 5.26. The van der Waals surface area contributed by atoms with E-state index in [4.69, 9.17) is 9.84 Å². The van der Waals surface area contributed by atoms with Gasteiger partial charge in [0.1, 0.15) is 0 Å². The van der Waals surface area contributed by atoms with Gasteiger partial charge in [-0.15, -0.1) is 0 Å². The van der Waals surface area contributed by atoms with Gasteiger partial charge in [-0.25, -0.2) is 0 Å². The molecule has 5 heteroatoms. The van der Waals surface area contributed by atoms with Gasteiger partial charge >= 0.3 is 5.97 Å². The third-order valence-electron chi connectivity index (χ3n) is 4.16. The number of ether oxygens (including phenoxy) is 1. The van der Waals surface area contributed by atoms with Crippen molar-refractivity contribution in [2.45, 2.75) is 45.3 Å². The van der Waals surface area contributed by atoms with Crippen molar-refractivity contribution < 1.29 is 19.4 Å². The first-order chi connectivity index (χ1) is 8.49. The highest BCUT2D eigenvalue weighted by Crippen LogP contribution is 2.36. The van der Waals surface area contributed by atoms with Crippen molar-refractivity contribution in [2.24, 2.45) is 17.8 Å². The fourth-order valence-electron chi connectivity index (χ4n) is 3.07. The average molecular weight is 255 g/mol. The lowest BCUT2D eigenvalue weighted by molar-refractivity contribution is -0.146. The van der Waals surface area contributed by atoms with Gasteiger partial charge in [-0.1, -0.05) is 6.92 Å². The Labute approximate surface area is 107 Å². The summed E-state index contributed by atoms with van der Waals surface area (Å²) in [4.78, 5) is 23.3. The van der Waals surface area contributed by atoms with Crippen LogP contribution in [0.5, 0.6) is 0 Å². The quantitative estimate of drug-likeness (QED) is 0.789. The Morgan fingerprint density at radius 3 is 2.44 bits per heavy atom. The molecule has 0 spiro atoms. The van der Waals surface area contributed by atoms with Gasteiger partial charge in [0.05, 0.1) is 24.0 Å². The summed E-state index contributed by atoms with van der Waals surface area (Å²) in [5.41, 5.74) is 0. The number of nitrogens with one attached hydrogen (secondary N) is 1. The molecule has 1 heterocycles. The molecule has 1 saturated heterocycles. The van der Waals surface area contributed by atoms with Crippen LogP contribution in [0.4, 0.5) is 0 Å². The molecule has 2 rings (SSSR count). The maximum absolute atomic E-state index is 12.2. The maximum atomic E-state index is 12.2. The molecule has 0 aromatic rings. The lowest BCUT2D eigenvalue weighted by Gasteiger charge is -2.21. The van der Waals surface area contributed by atoms with Crippen LogP contribution in [-0.4, -0.2) is 35.7 Å². The highest BCUT2D eigenvalue weighted by atomic mass is 16.5.